The molecule has 120 valence electrons. The monoisotopic (exact) mass is 313 g/mol. The number of carbonyl (C=O) groups is 1. The van der Waals surface area contributed by atoms with Crippen molar-refractivity contribution in [3.05, 3.63) is 36.2 Å². The molecule has 1 aromatic carbocycles. The van der Waals surface area contributed by atoms with E-state index in [0.717, 1.165) is 10.9 Å². The molecule has 1 unspecified atom stereocenters. The van der Waals surface area contributed by atoms with Gasteiger partial charge in [0.1, 0.15) is 11.7 Å². The van der Waals surface area contributed by atoms with E-state index in [9.17, 15) is 9.90 Å². The van der Waals surface area contributed by atoms with Gasteiger partial charge < -0.3 is 14.1 Å². The molecule has 2 aromatic heterocycles. The fourth-order valence-corrected chi connectivity index (χ4v) is 2.66. The summed E-state index contributed by atoms with van der Waals surface area (Å²) < 4.78 is 7.47. The van der Waals surface area contributed by atoms with E-state index in [-0.39, 0.29) is 0 Å². The molecular formula is C17H19N3O3. The first kappa shape index (κ1) is 15.3. The lowest BCUT2D eigenvalue weighted by Crippen LogP contribution is -2.16. The van der Waals surface area contributed by atoms with E-state index in [0.29, 0.717) is 29.8 Å². The number of hydrogen-bond donors (Lipinski definition) is 1. The number of hydrogen-bond acceptors (Lipinski definition) is 4. The molecule has 1 N–H and O–H groups in total. The Morgan fingerprint density at radius 1 is 1.26 bits per heavy atom. The van der Waals surface area contributed by atoms with Crippen molar-refractivity contribution in [2.45, 2.75) is 33.2 Å². The highest BCUT2D eigenvalue weighted by molar-refractivity contribution is 5.88. The number of carboxylic acids is 1. The standard InChI is InChI=1S/C17H19N3O3/c1-10(2)8-15-18-19-16(23-15)14-9-12-6-4-5-7-13(12)20(14)11(3)17(21)22/h4-7,9-11H,8H2,1-3H3,(H,21,22). The summed E-state index contributed by atoms with van der Waals surface area (Å²) in [5.41, 5.74) is 1.46. The van der Waals surface area contributed by atoms with Crippen molar-refractivity contribution in [3.8, 4) is 11.6 Å². The first-order chi connectivity index (χ1) is 11.0. The zero-order valence-electron chi connectivity index (χ0n) is 13.4. The zero-order chi connectivity index (χ0) is 16.6. The number of benzene rings is 1. The van der Waals surface area contributed by atoms with Crippen LogP contribution in [-0.2, 0) is 11.2 Å². The van der Waals surface area contributed by atoms with Gasteiger partial charge >= 0.3 is 5.97 Å². The van der Waals surface area contributed by atoms with E-state index >= 15 is 0 Å². The largest absolute Gasteiger partial charge is 0.480 e. The van der Waals surface area contributed by atoms with Gasteiger partial charge in [0.25, 0.3) is 5.89 Å². The molecule has 23 heavy (non-hydrogen) atoms. The molecule has 3 rings (SSSR count). The van der Waals surface area contributed by atoms with E-state index < -0.39 is 12.0 Å². The number of carboxylic acid groups (broad SMARTS) is 1. The molecule has 6 heteroatoms. The Labute approximate surface area is 133 Å². The normalized spacial score (nSPS) is 12.9. The number of para-hydroxylation sites is 1. The molecule has 6 nitrogen and oxygen atoms in total. The fraction of sp³-hybridized carbons (Fsp3) is 0.353. The molecule has 0 saturated heterocycles. The van der Waals surface area contributed by atoms with Crippen molar-refractivity contribution in [1.82, 2.24) is 14.8 Å². The van der Waals surface area contributed by atoms with Gasteiger partial charge in [-0.05, 0) is 25.0 Å². The summed E-state index contributed by atoms with van der Waals surface area (Å²) in [5, 5.41) is 18.5. The minimum atomic E-state index is -0.908. The number of fused-ring (bicyclic) bond motifs is 1. The van der Waals surface area contributed by atoms with Crippen LogP contribution in [-0.4, -0.2) is 25.8 Å². The van der Waals surface area contributed by atoms with Crippen LogP contribution in [0.2, 0.25) is 0 Å². The van der Waals surface area contributed by atoms with Crippen LogP contribution in [0.3, 0.4) is 0 Å². The molecule has 3 aromatic rings. The molecule has 0 aliphatic rings. The van der Waals surface area contributed by atoms with Gasteiger partial charge in [-0.2, -0.15) is 0 Å². The van der Waals surface area contributed by atoms with Crippen LogP contribution in [0.1, 0.15) is 32.7 Å². The number of rotatable bonds is 5. The molecular weight excluding hydrogens is 294 g/mol. The SMILES string of the molecule is CC(C)Cc1nnc(-c2cc3ccccc3n2C(C)C(=O)O)o1. The van der Waals surface area contributed by atoms with E-state index in [4.69, 9.17) is 4.42 Å². The summed E-state index contributed by atoms with van der Waals surface area (Å²) >= 11 is 0. The zero-order valence-corrected chi connectivity index (χ0v) is 13.4. The molecule has 0 amide bonds. The number of aromatic nitrogens is 3. The predicted octanol–water partition coefficient (Wildman–Crippen LogP) is 3.54. The maximum atomic E-state index is 11.5. The lowest BCUT2D eigenvalue weighted by Gasteiger charge is -2.13. The van der Waals surface area contributed by atoms with Crippen molar-refractivity contribution < 1.29 is 14.3 Å². The van der Waals surface area contributed by atoms with Gasteiger partial charge in [-0.1, -0.05) is 32.0 Å². The molecule has 0 bridgehead atoms. The topological polar surface area (TPSA) is 81.2 Å². The molecule has 2 heterocycles. The molecule has 0 aliphatic carbocycles. The van der Waals surface area contributed by atoms with E-state index in [1.807, 2.05) is 30.3 Å². The van der Waals surface area contributed by atoms with Gasteiger partial charge in [0.05, 0.1) is 0 Å². The van der Waals surface area contributed by atoms with Gasteiger partial charge in [-0.3, -0.25) is 0 Å². The Balaban J connectivity index is 2.14. The van der Waals surface area contributed by atoms with Crippen LogP contribution in [0, 0.1) is 5.92 Å². The van der Waals surface area contributed by atoms with Crippen molar-refractivity contribution in [1.29, 1.82) is 0 Å². The minimum absolute atomic E-state index is 0.352. The third-order valence-corrected chi connectivity index (χ3v) is 3.76. The van der Waals surface area contributed by atoms with Gasteiger partial charge in [0, 0.05) is 17.3 Å². The van der Waals surface area contributed by atoms with Crippen LogP contribution in [0.25, 0.3) is 22.5 Å². The molecule has 0 aliphatic heterocycles. The molecule has 0 saturated carbocycles. The molecule has 0 spiro atoms. The average Bonchev–Trinajstić information content (AvgIpc) is 3.09. The number of aliphatic carboxylic acids is 1. The van der Waals surface area contributed by atoms with E-state index in [1.54, 1.807) is 11.5 Å². The van der Waals surface area contributed by atoms with Crippen molar-refractivity contribution in [3.63, 3.8) is 0 Å². The smallest absolute Gasteiger partial charge is 0.326 e. The average molecular weight is 313 g/mol. The maximum Gasteiger partial charge on any atom is 0.326 e. The Bertz CT molecular complexity index is 848. The van der Waals surface area contributed by atoms with Crippen LogP contribution in [0.15, 0.2) is 34.7 Å². The molecule has 0 radical (unpaired) electrons. The highest BCUT2D eigenvalue weighted by Crippen LogP contribution is 2.31. The summed E-state index contributed by atoms with van der Waals surface area (Å²) in [6.07, 6.45) is 0.696. The molecule has 1 atom stereocenters. The second-order valence-electron chi connectivity index (χ2n) is 6.07. The third-order valence-electron chi connectivity index (χ3n) is 3.76. The van der Waals surface area contributed by atoms with Crippen molar-refractivity contribution in [2.75, 3.05) is 0 Å². The Morgan fingerprint density at radius 3 is 2.70 bits per heavy atom. The fourth-order valence-electron chi connectivity index (χ4n) is 2.66. The second kappa shape index (κ2) is 5.87. The summed E-state index contributed by atoms with van der Waals surface area (Å²) in [7, 11) is 0. The van der Waals surface area contributed by atoms with E-state index in [1.165, 1.54) is 0 Å². The lowest BCUT2D eigenvalue weighted by molar-refractivity contribution is -0.140. The lowest BCUT2D eigenvalue weighted by atomic mass is 10.1. The van der Waals surface area contributed by atoms with Crippen LogP contribution < -0.4 is 0 Å². The van der Waals surface area contributed by atoms with Crippen molar-refractivity contribution >= 4 is 16.9 Å². The summed E-state index contributed by atoms with van der Waals surface area (Å²) in [6.45, 7) is 5.80. The van der Waals surface area contributed by atoms with Gasteiger partial charge in [0.15, 0.2) is 0 Å². The highest BCUT2D eigenvalue weighted by Gasteiger charge is 2.23. The van der Waals surface area contributed by atoms with Gasteiger partial charge in [-0.25, -0.2) is 4.79 Å². The van der Waals surface area contributed by atoms with Crippen LogP contribution >= 0.6 is 0 Å². The third kappa shape index (κ3) is 2.84. The maximum absolute atomic E-state index is 11.5. The first-order valence-electron chi connectivity index (χ1n) is 7.63. The van der Waals surface area contributed by atoms with Gasteiger partial charge in [-0.15, -0.1) is 10.2 Å². The Kier molecular flexibility index (Phi) is 3.90. The van der Waals surface area contributed by atoms with E-state index in [2.05, 4.69) is 24.0 Å². The second-order valence-corrected chi connectivity index (χ2v) is 6.07. The Hall–Kier alpha value is -2.63. The van der Waals surface area contributed by atoms with Crippen molar-refractivity contribution in [2.24, 2.45) is 5.92 Å². The minimum Gasteiger partial charge on any atom is -0.480 e. The van der Waals surface area contributed by atoms with Gasteiger partial charge in [0.2, 0.25) is 5.89 Å². The Morgan fingerprint density at radius 2 is 2.00 bits per heavy atom. The van der Waals surface area contributed by atoms with Crippen LogP contribution in [0.5, 0.6) is 0 Å². The predicted molar refractivity (Wildman–Crippen MR) is 86.1 cm³/mol. The molecule has 0 fully saturated rings. The summed E-state index contributed by atoms with van der Waals surface area (Å²) in [5.74, 6) is 0.418. The van der Waals surface area contributed by atoms with Crippen LogP contribution in [0.4, 0.5) is 0 Å². The quantitative estimate of drug-likeness (QED) is 0.779. The summed E-state index contributed by atoms with van der Waals surface area (Å²) in [4.78, 5) is 11.5. The number of nitrogens with zero attached hydrogens (tertiary/aromatic N) is 3. The first-order valence-corrected chi connectivity index (χ1v) is 7.63. The summed E-state index contributed by atoms with van der Waals surface area (Å²) in [6, 6.07) is 8.79. The highest BCUT2D eigenvalue weighted by atomic mass is 16.4.